The van der Waals surface area contributed by atoms with Gasteiger partial charge in [-0.1, -0.05) is 37.6 Å². The van der Waals surface area contributed by atoms with Crippen molar-refractivity contribution in [3.63, 3.8) is 0 Å². The zero-order valence-electron chi connectivity index (χ0n) is 8.85. The molecule has 1 aromatic heterocycles. The fourth-order valence-corrected chi connectivity index (χ4v) is 1.58. The highest BCUT2D eigenvalue weighted by molar-refractivity contribution is 5.58. The molecule has 0 spiro atoms. The quantitative estimate of drug-likeness (QED) is 0.757. The van der Waals surface area contributed by atoms with E-state index in [2.05, 4.69) is 41.2 Å². The Morgan fingerprint density at radius 3 is 2.47 bits per heavy atom. The molecule has 0 unspecified atom stereocenters. The lowest BCUT2D eigenvalue weighted by Crippen LogP contribution is -1.86. The summed E-state index contributed by atoms with van der Waals surface area (Å²) in [6, 6.07) is 8.53. The van der Waals surface area contributed by atoms with Crippen LogP contribution in [0.15, 0.2) is 42.9 Å². The average Bonchev–Trinajstić information content (AvgIpc) is 2.32. The fraction of sp³-hybridized carbons (Fsp3) is 0.231. The third-order valence-corrected chi connectivity index (χ3v) is 2.35. The number of rotatable bonds is 3. The third kappa shape index (κ3) is 2.40. The molecule has 1 aromatic carbocycles. The summed E-state index contributed by atoms with van der Waals surface area (Å²) < 4.78 is 0. The molecule has 0 saturated heterocycles. The smallest absolute Gasteiger partial charge is 0.0885 e. The monoisotopic (exact) mass is 198 g/mol. The summed E-state index contributed by atoms with van der Waals surface area (Å²) in [4.78, 5) is 8.32. The van der Waals surface area contributed by atoms with Gasteiger partial charge in [0.2, 0.25) is 0 Å². The highest BCUT2D eigenvalue weighted by Crippen LogP contribution is 2.16. The summed E-state index contributed by atoms with van der Waals surface area (Å²) in [5.74, 6) is 0. The molecule has 1 heterocycles. The number of benzene rings is 1. The maximum atomic E-state index is 4.26. The van der Waals surface area contributed by atoms with Crippen LogP contribution in [0.5, 0.6) is 0 Å². The number of nitrogens with zero attached hydrogens (tertiary/aromatic N) is 2. The van der Waals surface area contributed by atoms with Gasteiger partial charge in [-0.3, -0.25) is 9.97 Å². The Hall–Kier alpha value is -1.70. The topological polar surface area (TPSA) is 25.8 Å². The first kappa shape index (κ1) is 9.84. The molecule has 76 valence electrons. The van der Waals surface area contributed by atoms with Crippen LogP contribution in [-0.4, -0.2) is 9.97 Å². The minimum atomic E-state index is 0.931. The second kappa shape index (κ2) is 4.69. The van der Waals surface area contributed by atoms with Crippen LogP contribution < -0.4 is 0 Å². The predicted octanol–water partition coefficient (Wildman–Crippen LogP) is 3.10. The van der Waals surface area contributed by atoms with E-state index in [0.717, 1.165) is 17.7 Å². The number of hydrogen-bond acceptors (Lipinski definition) is 2. The van der Waals surface area contributed by atoms with E-state index in [9.17, 15) is 0 Å². The molecule has 0 N–H and O–H groups in total. The maximum absolute atomic E-state index is 4.26. The van der Waals surface area contributed by atoms with E-state index >= 15 is 0 Å². The van der Waals surface area contributed by atoms with Gasteiger partial charge in [0.1, 0.15) is 0 Å². The van der Waals surface area contributed by atoms with Crippen molar-refractivity contribution >= 4 is 0 Å². The summed E-state index contributed by atoms with van der Waals surface area (Å²) in [7, 11) is 0. The highest BCUT2D eigenvalue weighted by Gasteiger charge is 1.98. The highest BCUT2D eigenvalue weighted by atomic mass is 14.8. The van der Waals surface area contributed by atoms with Crippen molar-refractivity contribution in [1.29, 1.82) is 0 Å². The Labute approximate surface area is 90.0 Å². The Bertz CT molecular complexity index is 406. The molecule has 0 aliphatic carbocycles. The van der Waals surface area contributed by atoms with E-state index in [1.807, 2.05) is 0 Å². The van der Waals surface area contributed by atoms with Crippen LogP contribution in [-0.2, 0) is 6.42 Å². The summed E-state index contributed by atoms with van der Waals surface area (Å²) in [5, 5.41) is 0. The molecule has 2 nitrogen and oxygen atoms in total. The van der Waals surface area contributed by atoms with Crippen LogP contribution in [0.4, 0.5) is 0 Å². The van der Waals surface area contributed by atoms with Crippen LogP contribution in [0.3, 0.4) is 0 Å². The lowest BCUT2D eigenvalue weighted by Gasteiger charge is -2.01. The molecular weight excluding hydrogens is 184 g/mol. The van der Waals surface area contributed by atoms with Crippen LogP contribution in [0.25, 0.3) is 11.3 Å². The van der Waals surface area contributed by atoms with E-state index in [1.54, 1.807) is 18.6 Å². The molecule has 2 aromatic rings. The van der Waals surface area contributed by atoms with Gasteiger partial charge in [0, 0.05) is 18.0 Å². The molecule has 0 bridgehead atoms. The SMILES string of the molecule is CCCc1ccc(-c2cnccn2)cc1. The molecule has 0 fully saturated rings. The van der Waals surface area contributed by atoms with Crippen molar-refractivity contribution in [2.45, 2.75) is 19.8 Å². The van der Waals surface area contributed by atoms with Gasteiger partial charge in [-0.25, -0.2) is 0 Å². The number of aromatic nitrogens is 2. The molecule has 2 heteroatoms. The average molecular weight is 198 g/mol. The Morgan fingerprint density at radius 2 is 1.87 bits per heavy atom. The van der Waals surface area contributed by atoms with Gasteiger partial charge in [0.25, 0.3) is 0 Å². The van der Waals surface area contributed by atoms with Crippen molar-refractivity contribution in [1.82, 2.24) is 9.97 Å². The van der Waals surface area contributed by atoms with Gasteiger partial charge in [-0.15, -0.1) is 0 Å². The zero-order valence-corrected chi connectivity index (χ0v) is 8.85. The van der Waals surface area contributed by atoms with E-state index in [1.165, 1.54) is 12.0 Å². The van der Waals surface area contributed by atoms with E-state index < -0.39 is 0 Å². The van der Waals surface area contributed by atoms with E-state index in [4.69, 9.17) is 0 Å². The molecule has 2 rings (SSSR count). The molecule has 0 saturated carbocycles. The van der Waals surface area contributed by atoms with Gasteiger partial charge in [0.05, 0.1) is 11.9 Å². The Balaban J connectivity index is 2.24. The Kier molecular flexibility index (Phi) is 3.08. The van der Waals surface area contributed by atoms with Gasteiger partial charge in [0.15, 0.2) is 0 Å². The van der Waals surface area contributed by atoms with Crippen molar-refractivity contribution in [3.8, 4) is 11.3 Å². The second-order valence-electron chi connectivity index (χ2n) is 3.54. The first-order chi connectivity index (χ1) is 7.40. The van der Waals surface area contributed by atoms with Crippen LogP contribution in [0, 0.1) is 0 Å². The maximum Gasteiger partial charge on any atom is 0.0885 e. The predicted molar refractivity (Wildman–Crippen MR) is 61.5 cm³/mol. The number of aryl methyl sites for hydroxylation is 1. The van der Waals surface area contributed by atoms with Gasteiger partial charge < -0.3 is 0 Å². The summed E-state index contributed by atoms with van der Waals surface area (Å²) in [6.07, 6.45) is 7.52. The largest absolute Gasteiger partial charge is 0.261 e. The molecule has 0 aliphatic rings. The van der Waals surface area contributed by atoms with Gasteiger partial charge in [-0.2, -0.15) is 0 Å². The van der Waals surface area contributed by atoms with Crippen LogP contribution in [0.2, 0.25) is 0 Å². The van der Waals surface area contributed by atoms with E-state index in [-0.39, 0.29) is 0 Å². The first-order valence-corrected chi connectivity index (χ1v) is 5.25. The zero-order chi connectivity index (χ0) is 10.5. The van der Waals surface area contributed by atoms with Gasteiger partial charge >= 0.3 is 0 Å². The lowest BCUT2D eigenvalue weighted by molar-refractivity contribution is 0.922. The van der Waals surface area contributed by atoms with Crippen molar-refractivity contribution in [2.75, 3.05) is 0 Å². The third-order valence-electron chi connectivity index (χ3n) is 2.35. The molecule has 0 radical (unpaired) electrons. The van der Waals surface area contributed by atoms with Crippen LogP contribution >= 0.6 is 0 Å². The van der Waals surface area contributed by atoms with Crippen molar-refractivity contribution in [3.05, 3.63) is 48.4 Å². The summed E-state index contributed by atoms with van der Waals surface area (Å²) in [5.41, 5.74) is 3.44. The lowest BCUT2D eigenvalue weighted by atomic mass is 10.1. The second-order valence-corrected chi connectivity index (χ2v) is 3.54. The van der Waals surface area contributed by atoms with Crippen molar-refractivity contribution < 1.29 is 0 Å². The summed E-state index contributed by atoms with van der Waals surface area (Å²) in [6.45, 7) is 2.19. The van der Waals surface area contributed by atoms with Gasteiger partial charge in [-0.05, 0) is 12.0 Å². The fourth-order valence-electron chi connectivity index (χ4n) is 1.58. The Morgan fingerprint density at radius 1 is 1.07 bits per heavy atom. The number of hydrogen-bond donors (Lipinski definition) is 0. The molecule has 0 amide bonds. The first-order valence-electron chi connectivity index (χ1n) is 5.25. The standard InChI is InChI=1S/C13H14N2/c1-2-3-11-4-6-12(7-5-11)13-10-14-8-9-15-13/h4-10H,2-3H2,1H3. The molecule has 0 aliphatic heterocycles. The molecular formula is C13H14N2. The summed E-state index contributed by atoms with van der Waals surface area (Å²) >= 11 is 0. The molecule has 15 heavy (non-hydrogen) atoms. The van der Waals surface area contributed by atoms with E-state index in [0.29, 0.717) is 0 Å². The minimum absolute atomic E-state index is 0.931. The minimum Gasteiger partial charge on any atom is -0.261 e. The normalized spacial score (nSPS) is 10.2. The molecule has 0 atom stereocenters. The van der Waals surface area contributed by atoms with Crippen LogP contribution in [0.1, 0.15) is 18.9 Å². The van der Waals surface area contributed by atoms with Crippen molar-refractivity contribution in [2.24, 2.45) is 0 Å².